The minimum Gasteiger partial charge on any atom is -0.490 e. The minimum atomic E-state index is 0.549. The van der Waals surface area contributed by atoms with E-state index >= 15 is 0 Å². The standard InChI is InChI=1S/C15H19BrO/c1-4-9-17-15-7-5-13(6-8-15)10-14(11-16)12(2)3/h4-8,10,12H,1,9,11H2,2-3H3. The quantitative estimate of drug-likeness (QED) is 0.546. The van der Waals surface area contributed by atoms with Gasteiger partial charge in [0.05, 0.1) is 0 Å². The Labute approximate surface area is 112 Å². The number of benzene rings is 1. The number of rotatable bonds is 6. The molecule has 0 spiro atoms. The molecule has 1 nitrogen and oxygen atoms in total. The van der Waals surface area contributed by atoms with E-state index in [1.807, 2.05) is 12.1 Å². The zero-order chi connectivity index (χ0) is 12.7. The topological polar surface area (TPSA) is 9.23 Å². The maximum atomic E-state index is 5.44. The van der Waals surface area contributed by atoms with Gasteiger partial charge < -0.3 is 4.74 Å². The van der Waals surface area contributed by atoms with Gasteiger partial charge >= 0.3 is 0 Å². The van der Waals surface area contributed by atoms with Crippen molar-refractivity contribution in [1.29, 1.82) is 0 Å². The molecule has 1 aromatic rings. The third-order valence-corrected chi connectivity index (χ3v) is 3.14. The highest BCUT2D eigenvalue weighted by Gasteiger charge is 2.01. The van der Waals surface area contributed by atoms with Crippen LogP contribution in [0, 0.1) is 5.92 Å². The van der Waals surface area contributed by atoms with E-state index in [0.717, 1.165) is 11.1 Å². The van der Waals surface area contributed by atoms with Gasteiger partial charge in [0.1, 0.15) is 12.4 Å². The first-order chi connectivity index (χ1) is 8.17. The molecule has 0 aliphatic carbocycles. The molecule has 0 heterocycles. The van der Waals surface area contributed by atoms with Crippen LogP contribution in [0.4, 0.5) is 0 Å². The molecule has 2 heteroatoms. The molecule has 1 rings (SSSR count). The summed E-state index contributed by atoms with van der Waals surface area (Å²) in [6, 6.07) is 8.12. The van der Waals surface area contributed by atoms with E-state index in [9.17, 15) is 0 Å². The van der Waals surface area contributed by atoms with Crippen molar-refractivity contribution in [2.24, 2.45) is 5.92 Å². The smallest absolute Gasteiger partial charge is 0.119 e. The molecule has 0 bridgehead atoms. The third kappa shape index (κ3) is 4.78. The summed E-state index contributed by atoms with van der Waals surface area (Å²) in [5.74, 6) is 1.44. The molecule has 0 amide bonds. The van der Waals surface area contributed by atoms with Gasteiger partial charge in [-0.3, -0.25) is 0 Å². The highest BCUT2D eigenvalue weighted by molar-refractivity contribution is 9.09. The summed E-state index contributed by atoms with van der Waals surface area (Å²) in [4.78, 5) is 0. The van der Waals surface area contributed by atoms with Gasteiger partial charge in [0, 0.05) is 5.33 Å². The van der Waals surface area contributed by atoms with E-state index < -0.39 is 0 Å². The number of hydrogen-bond donors (Lipinski definition) is 0. The van der Waals surface area contributed by atoms with Crippen molar-refractivity contribution in [3.05, 3.63) is 48.1 Å². The zero-order valence-electron chi connectivity index (χ0n) is 10.4. The first-order valence-electron chi connectivity index (χ1n) is 5.77. The van der Waals surface area contributed by atoms with Crippen LogP contribution < -0.4 is 4.74 Å². The molecular formula is C15H19BrO. The van der Waals surface area contributed by atoms with Gasteiger partial charge in [-0.2, -0.15) is 0 Å². The lowest BCUT2D eigenvalue weighted by Crippen LogP contribution is -1.95. The van der Waals surface area contributed by atoms with Crippen molar-refractivity contribution < 1.29 is 4.74 Å². The van der Waals surface area contributed by atoms with Gasteiger partial charge in [-0.15, -0.1) is 0 Å². The summed E-state index contributed by atoms with van der Waals surface area (Å²) in [6.07, 6.45) is 3.96. The fourth-order valence-corrected chi connectivity index (χ4v) is 2.20. The molecule has 0 fully saturated rings. The van der Waals surface area contributed by atoms with Crippen LogP contribution in [0.15, 0.2) is 42.5 Å². The lowest BCUT2D eigenvalue weighted by atomic mass is 10.0. The zero-order valence-corrected chi connectivity index (χ0v) is 12.0. The molecule has 0 unspecified atom stereocenters. The Morgan fingerprint density at radius 1 is 1.35 bits per heavy atom. The van der Waals surface area contributed by atoms with Crippen LogP contribution >= 0.6 is 15.9 Å². The summed E-state index contributed by atoms with van der Waals surface area (Å²) < 4.78 is 5.44. The highest BCUT2D eigenvalue weighted by atomic mass is 79.9. The SMILES string of the molecule is C=CCOc1ccc(C=C(CBr)C(C)C)cc1. The molecule has 0 radical (unpaired) electrons. The molecule has 0 saturated heterocycles. The first kappa shape index (κ1) is 14.0. The van der Waals surface area contributed by atoms with E-state index in [4.69, 9.17) is 4.74 Å². The lowest BCUT2D eigenvalue weighted by molar-refractivity contribution is 0.363. The van der Waals surface area contributed by atoms with Crippen LogP contribution in [0.25, 0.3) is 6.08 Å². The summed E-state index contributed by atoms with van der Waals surface area (Å²) in [5.41, 5.74) is 2.60. The third-order valence-electron chi connectivity index (χ3n) is 2.50. The second kappa shape index (κ2) is 7.33. The Hall–Kier alpha value is -1.02. The van der Waals surface area contributed by atoms with E-state index in [0.29, 0.717) is 12.5 Å². The Balaban J connectivity index is 2.76. The van der Waals surface area contributed by atoms with E-state index in [1.54, 1.807) is 6.08 Å². The van der Waals surface area contributed by atoms with Crippen molar-refractivity contribution in [2.45, 2.75) is 13.8 Å². The Morgan fingerprint density at radius 2 is 2.00 bits per heavy atom. The number of ether oxygens (including phenoxy) is 1. The predicted molar refractivity (Wildman–Crippen MR) is 78.7 cm³/mol. The van der Waals surface area contributed by atoms with Crippen molar-refractivity contribution in [2.75, 3.05) is 11.9 Å². The highest BCUT2D eigenvalue weighted by Crippen LogP contribution is 2.19. The van der Waals surface area contributed by atoms with Crippen molar-refractivity contribution >= 4 is 22.0 Å². The number of alkyl halides is 1. The van der Waals surface area contributed by atoms with Gasteiger partial charge in [-0.05, 0) is 23.6 Å². The summed E-state index contributed by atoms with van der Waals surface area (Å²) in [6.45, 7) is 8.58. The molecular weight excluding hydrogens is 276 g/mol. The lowest BCUT2D eigenvalue weighted by Gasteiger charge is -2.08. The van der Waals surface area contributed by atoms with Gasteiger partial charge in [0.25, 0.3) is 0 Å². The van der Waals surface area contributed by atoms with E-state index in [1.165, 1.54) is 11.1 Å². The van der Waals surface area contributed by atoms with Gasteiger partial charge in [0.2, 0.25) is 0 Å². The van der Waals surface area contributed by atoms with Crippen LogP contribution in [0.3, 0.4) is 0 Å². The Morgan fingerprint density at radius 3 is 2.47 bits per heavy atom. The first-order valence-corrected chi connectivity index (χ1v) is 6.89. The number of halogens is 1. The van der Waals surface area contributed by atoms with Crippen molar-refractivity contribution in [1.82, 2.24) is 0 Å². The van der Waals surface area contributed by atoms with E-state index in [2.05, 4.69) is 54.6 Å². The molecule has 92 valence electrons. The summed E-state index contributed by atoms with van der Waals surface area (Å²) >= 11 is 3.52. The van der Waals surface area contributed by atoms with Gasteiger partial charge in [-0.1, -0.05) is 66.2 Å². The maximum Gasteiger partial charge on any atom is 0.119 e. The van der Waals surface area contributed by atoms with E-state index in [-0.39, 0.29) is 0 Å². The predicted octanol–water partition coefficient (Wildman–Crippen LogP) is 4.69. The largest absolute Gasteiger partial charge is 0.490 e. The van der Waals surface area contributed by atoms with Crippen LogP contribution in [0.2, 0.25) is 0 Å². The van der Waals surface area contributed by atoms with Crippen molar-refractivity contribution in [3.8, 4) is 5.75 Å². The van der Waals surface area contributed by atoms with Crippen molar-refractivity contribution in [3.63, 3.8) is 0 Å². The Kier molecular flexibility index (Phi) is 6.06. The van der Waals surface area contributed by atoms with Crippen LogP contribution in [-0.2, 0) is 0 Å². The Bertz CT molecular complexity index is 376. The average molecular weight is 295 g/mol. The molecule has 0 aromatic heterocycles. The summed E-state index contributed by atoms with van der Waals surface area (Å²) in [5, 5.41) is 0.916. The minimum absolute atomic E-state index is 0.549. The van der Waals surface area contributed by atoms with Crippen LogP contribution in [0.5, 0.6) is 5.75 Å². The molecule has 0 aliphatic rings. The molecule has 17 heavy (non-hydrogen) atoms. The molecule has 0 aliphatic heterocycles. The monoisotopic (exact) mass is 294 g/mol. The molecule has 0 saturated carbocycles. The van der Waals surface area contributed by atoms with Gasteiger partial charge in [-0.25, -0.2) is 0 Å². The normalized spacial score (nSPS) is 11.6. The molecule has 0 N–H and O–H groups in total. The van der Waals surface area contributed by atoms with Crippen LogP contribution in [-0.4, -0.2) is 11.9 Å². The number of allylic oxidation sites excluding steroid dienone is 1. The second-order valence-electron chi connectivity index (χ2n) is 4.18. The average Bonchev–Trinajstić information content (AvgIpc) is 2.34. The summed E-state index contributed by atoms with van der Waals surface area (Å²) in [7, 11) is 0. The fraction of sp³-hybridized carbons (Fsp3) is 0.333. The second-order valence-corrected chi connectivity index (χ2v) is 4.74. The molecule has 1 aromatic carbocycles. The van der Waals surface area contributed by atoms with Crippen LogP contribution in [0.1, 0.15) is 19.4 Å². The van der Waals surface area contributed by atoms with Gasteiger partial charge in [0.15, 0.2) is 0 Å². The fourth-order valence-electron chi connectivity index (χ4n) is 1.39. The number of hydrogen-bond acceptors (Lipinski definition) is 1. The molecule has 0 atom stereocenters. The maximum absolute atomic E-state index is 5.44.